The van der Waals surface area contributed by atoms with Gasteiger partial charge in [0.2, 0.25) is 0 Å². The van der Waals surface area contributed by atoms with Gasteiger partial charge in [-0.2, -0.15) is 0 Å². The van der Waals surface area contributed by atoms with Gasteiger partial charge in [-0.3, -0.25) is 4.98 Å². The highest BCUT2D eigenvalue weighted by molar-refractivity contribution is 7.26. The summed E-state index contributed by atoms with van der Waals surface area (Å²) >= 11 is 1.82. The minimum absolute atomic E-state index is 0.564. The van der Waals surface area contributed by atoms with Crippen LogP contribution < -0.4 is 0 Å². The minimum Gasteiger partial charge on any atom is -0.309 e. The first-order valence-corrected chi connectivity index (χ1v) is 21.5. The average molecular weight is 810 g/mol. The van der Waals surface area contributed by atoms with E-state index in [1.54, 1.807) is 0 Å². The SMILES string of the molecule is c1ccc(-c2cccc(-c3cnc(-c4ccc5c(c4)sc4cc6c(cc45)c4ccccc4n6-c4ccccc4)c(-c4nc(-c5ccccc5)nc(-c5ccccc5)n4)c3)c2)cc1. The maximum atomic E-state index is 5.29. The second-order valence-electron chi connectivity index (χ2n) is 15.5. The number of rotatable bonds is 7. The van der Waals surface area contributed by atoms with Gasteiger partial charge in [-0.25, -0.2) is 15.0 Å². The highest BCUT2D eigenvalue weighted by Crippen LogP contribution is 2.43. The topological polar surface area (TPSA) is 56.5 Å². The van der Waals surface area contributed by atoms with Crippen LogP contribution in [0.1, 0.15) is 0 Å². The highest BCUT2D eigenvalue weighted by Gasteiger charge is 2.20. The van der Waals surface area contributed by atoms with E-state index in [9.17, 15) is 0 Å². The van der Waals surface area contributed by atoms with Crippen LogP contribution in [-0.2, 0) is 0 Å². The molecule has 0 aliphatic carbocycles. The van der Waals surface area contributed by atoms with Crippen molar-refractivity contribution in [1.82, 2.24) is 24.5 Å². The van der Waals surface area contributed by atoms with Crippen LogP contribution in [0.15, 0.2) is 212 Å². The molecule has 62 heavy (non-hydrogen) atoms. The van der Waals surface area contributed by atoms with Crippen molar-refractivity contribution < 1.29 is 0 Å². The summed E-state index contributed by atoms with van der Waals surface area (Å²) in [6.45, 7) is 0. The normalized spacial score (nSPS) is 11.5. The molecule has 290 valence electrons. The molecular formula is C56H35N5S. The minimum atomic E-state index is 0.564. The molecule has 0 spiro atoms. The van der Waals surface area contributed by atoms with Gasteiger partial charge < -0.3 is 4.57 Å². The second kappa shape index (κ2) is 14.9. The van der Waals surface area contributed by atoms with Gasteiger partial charge in [0.1, 0.15) is 0 Å². The first-order chi connectivity index (χ1) is 30.7. The van der Waals surface area contributed by atoms with Gasteiger partial charge in [-0.15, -0.1) is 11.3 Å². The van der Waals surface area contributed by atoms with E-state index in [1.807, 2.05) is 84.3 Å². The van der Waals surface area contributed by atoms with E-state index in [0.717, 1.165) is 55.9 Å². The average Bonchev–Trinajstić information content (AvgIpc) is 3.88. The van der Waals surface area contributed by atoms with Gasteiger partial charge in [0.05, 0.1) is 16.7 Å². The first-order valence-electron chi connectivity index (χ1n) is 20.7. The monoisotopic (exact) mass is 809 g/mol. The van der Waals surface area contributed by atoms with Crippen LogP contribution in [-0.4, -0.2) is 24.5 Å². The van der Waals surface area contributed by atoms with E-state index in [0.29, 0.717) is 17.5 Å². The Morgan fingerprint density at radius 3 is 1.63 bits per heavy atom. The molecule has 12 rings (SSSR count). The van der Waals surface area contributed by atoms with Gasteiger partial charge in [-0.05, 0) is 65.2 Å². The second-order valence-corrected chi connectivity index (χ2v) is 16.6. The Kier molecular flexibility index (Phi) is 8.61. The van der Waals surface area contributed by atoms with Crippen LogP contribution in [0.5, 0.6) is 0 Å². The zero-order valence-corrected chi connectivity index (χ0v) is 34.2. The molecule has 0 unspecified atom stereocenters. The zero-order chi connectivity index (χ0) is 41.0. The molecule has 0 radical (unpaired) electrons. The third-order valence-electron chi connectivity index (χ3n) is 11.7. The summed E-state index contributed by atoms with van der Waals surface area (Å²) in [6, 6.07) is 72.4. The van der Waals surface area contributed by atoms with E-state index in [4.69, 9.17) is 19.9 Å². The van der Waals surface area contributed by atoms with E-state index in [-0.39, 0.29) is 0 Å². The van der Waals surface area contributed by atoms with E-state index >= 15 is 0 Å². The van der Waals surface area contributed by atoms with Gasteiger partial charge in [-0.1, -0.05) is 158 Å². The number of fused-ring (bicyclic) bond motifs is 6. The fourth-order valence-electron chi connectivity index (χ4n) is 8.70. The predicted molar refractivity (Wildman–Crippen MR) is 257 cm³/mol. The number of hydrogen-bond acceptors (Lipinski definition) is 5. The van der Waals surface area contributed by atoms with Crippen molar-refractivity contribution in [2.24, 2.45) is 0 Å². The highest BCUT2D eigenvalue weighted by atomic mass is 32.1. The standard InChI is InChI=1S/C56H35N5S/c1-5-16-36(17-6-1)39-22-15-23-40(30-39)42-31-48(56-59-54(37-18-7-2-8-19-37)58-55(60-56)38-20-9-3-10-21-38)53(57-35-42)41-28-29-45-47-33-46-44-26-13-14-27-49(44)61(43-24-11-4-12-25-43)50(46)34-52(47)62-51(45)32-41/h1-35H. The smallest absolute Gasteiger partial charge is 0.166 e. The van der Waals surface area contributed by atoms with Gasteiger partial charge in [0.25, 0.3) is 0 Å². The van der Waals surface area contributed by atoms with Crippen LogP contribution in [0.25, 0.3) is 115 Å². The number of nitrogens with zero attached hydrogens (tertiary/aromatic N) is 5. The van der Waals surface area contributed by atoms with E-state index < -0.39 is 0 Å². The number of thiophene rings is 1. The first kappa shape index (κ1) is 35.8. The molecule has 0 saturated carbocycles. The molecule has 12 aromatic rings. The number of aromatic nitrogens is 5. The zero-order valence-electron chi connectivity index (χ0n) is 33.4. The molecule has 0 saturated heterocycles. The van der Waals surface area contributed by atoms with Crippen molar-refractivity contribution in [2.45, 2.75) is 0 Å². The van der Waals surface area contributed by atoms with Gasteiger partial charge in [0, 0.05) is 70.6 Å². The lowest BCUT2D eigenvalue weighted by molar-refractivity contribution is 1.07. The Morgan fingerprint density at radius 2 is 0.919 bits per heavy atom. The van der Waals surface area contributed by atoms with Crippen LogP contribution in [0.4, 0.5) is 0 Å². The van der Waals surface area contributed by atoms with E-state index in [2.05, 4.69) is 144 Å². The largest absolute Gasteiger partial charge is 0.309 e. The quantitative estimate of drug-likeness (QED) is 0.161. The summed E-state index contributed by atoms with van der Waals surface area (Å²) in [6.07, 6.45) is 1.98. The van der Waals surface area contributed by atoms with Crippen LogP contribution in [0, 0.1) is 0 Å². The van der Waals surface area contributed by atoms with Crippen molar-refractivity contribution in [3.63, 3.8) is 0 Å². The summed E-state index contributed by atoms with van der Waals surface area (Å²) in [5, 5.41) is 4.96. The lowest BCUT2D eigenvalue weighted by atomic mass is 9.97. The predicted octanol–water partition coefficient (Wildman–Crippen LogP) is 14.7. The Balaban J connectivity index is 1.06. The van der Waals surface area contributed by atoms with Crippen LogP contribution >= 0.6 is 11.3 Å². The number of pyridine rings is 1. The molecule has 4 heterocycles. The van der Waals surface area contributed by atoms with Crippen molar-refractivity contribution in [3.05, 3.63) is 212 Å². The number of hydrogen-bond donors (Lipinski definition) is 0. The maximum absolute atomic E-state index is 5.29. The Labute approximate surface area is 361 Å². The molecular weight excluding hydrogens is 775 g/mol. The molecule has 4 aromatic heterocycles. The summed E-state index contributed by atoms with van der Waals surface area (Å²) < 4.78 is 4.82. The number of benzene rings is 8. The van der Waals surface area contributed by atoms with Crippen LogP contribution in [0.2, 0.25) is 0 Å². The molecule has 0 amide bonds. The van der Waals surface area contributed by atoms with Crippen molar-refractivity contribution in [2.75, 3.05) is 0 Å². The lowest BCUT2D eigenvalue weighted by Gasteiger charge is -2.14. The molecule has 0 aliphatic rings. The molecule has 0 N–H and O–H groups in total. The molecule has 0 aliphatic heterocycles. The third kappa shape index (κ3) is 6.24. The Bertz CT molecular complexity index is 3560. The summed E-state index contributed by atoms with van der Waals surface area (Å²) in [7, 11) is 0. The molecule has 0 fully saturated rings. The summed E-state index contributed by atoms with van der Waals surface area (Å²) in [5.74, 6) is 1.78. The van der Waals surface area contributed by atoms with Crippen molar-refractivity contribution >= 4 is 53.3 Å². The molecule has 5 nitrogen and oxygen atoms in total. The maximum Gasteiger partial charge on any atom is 0.166 e. The van der Waals surface area contributed by atoms with Crippen LogP contribution in [0.3, 0.4) is 0 Å². The summed E-state index contributed by atoms with van der Waals surface area (Å²) in [4.78, 5) is 20.7. The number of para-hydroxylation sites is 2. The Morgan fingerprint density at radius 1 is 0.339 bits per heavy atom. The summed E-state index contributed by atoms with van der Waals surface area (Å²) in [5.41, 5.74) is 12.4. The molecule has 6 heteroatoms. The molecule has 0 bridgehead atoms. The fraction of sp³-hybridized carbons (Fsp3) is 0. The molecule has 8 aromatic carbocycles. The fourth-order valence-corrected chi connectivity index (χ4v) is 9.86. The molecule has 0 atom stereocenters. The van der Waals surface area contributed by atoms with Gasteiger partial charge >= 0.3 is 0 Å². The lowest BCUT2D eigenvalue weighted by Crippen LogP contribution is -2.02. The Hall–Kier alpha value is -8.06. The third-order valence-corrected chi connectivity index (χ3v) is 12.8. The van der Waals surface area contributed by atoms with Gasteiger partial charge in [0.15, 0.2) is 17.5 Å². The van der Waals surface area contributed by atoms with Crippen molar-refractivity contribution in [3.8, 4) is 73.4 Å². The van der Waals surface area contributed by atoms with Crippen molar-refractivity contribution in [1.29, 1.82) is 0 Å². The van der Waals surface area contributed by atoms with E-state index in [1.165, 1.54) is 42.0 Å².